The number of allylic oxidation sites excluding steroid dienone is 1. The van der Waals surface area contributed by atoms with Gasteiger partial charge in [0.2, 0.25) is 0 Å². The Kier molecular flexibility index (Phi) is 9.89. The van der Waals surface area contributed by atoms with E-state index in [0.717, 1.165) is 12.0 Å². The van der Waals surface area contributed by atoms with Gasteiger partial charge in [0.15, 0.2) is 0 Å². The van der Waals surface area contributed by atoms with Crippen molar-refractivity contribution in [3.8, 4) is 0 Å². The maximum atomic E-state index is 10.5. The van der Waals surface area contributed by atoms with Crippen LogP contribution in [0.25, 0.3) is 0 Å². The third-order valence-electron chi connectivity index (χ3n) is 3.37. The minimum Gasteiger partial charge on any atom is -0.478 e. The summed E-state index contributed by atoms with van der Waals surface area (Å²) in [5.74, 6) is -0.421. The van der Waals surface area contributed by atoms with Crippen molar-refractivity contribution < 1.29 is 9.90 Å². The molecule has 0 radical (unpaired) electrons. The van der Waals surface area contributed by atoms with Gasteiger partial charge < -0.3 is 5.11 Å². The summed E-state index contributed by atoms with van der Waals surface area (Å²) < 4.78 is 0. The molecule has 2 heteroatoms. The lowest BCUT2D eigenvalue weighted by molar-refractivity contribution is -0.131. The first-order valence-electron chi connectivity index (χ1n) is 6.99. The van der Waals surface area contributed by atoms with Crippen molar-refractivity contribution in [1.29, 1.82) is 0 Å². The van der Waals surface area contributed by atoms with E-state index in [4.69, 9.17) is 5.11 Å². The SMILES string of the molecule is CCCCCCCCCC(C)C(C)=CC(=O)O. The zero-order chi connectivity index (χ0) is 13.1. The molecule has 0 amide bonds. The van der Waals surface area contributed by atoms with Crippen LogP contribution in [0.4, 0.5) is 0 Å². The minimum atomic E-state index is -0.825. The molecule has 0 heterocycles. The molecule has 0 aliphatic heterocycles. The molecule has 0 saturated carbocycles. The fourth-order valence-corrected chi connectivity index (χ4v) is 1.97. The molecule has 2 nitrogen and oxygen atoms in total. The first-order valence-corrected chi connectivity index (χ1v) is 6.99. The number of rotatable bonds is 10. The van der Waals surface area contributed by atoms with Gasteiger partial charge in [0.1, 0.15) is 0 Å². The number of unbranched alkanes of at least 4 members (excludes halogenated alkanes) is 6. The smallest absolute Gasteiger partial charge is 0.328 e. The predicted octanol–water partition coefficient (Wildman–Crippen LogP) is 4.79. The maximum absolute atomic E-state index is 10.5. The summed E-state index contributed by atoms with van der Waals surface area (Å²) in [7, 11) is 0. The van der Waals surface area contributed by atoms with Crippen molar-refractivity contribution in [3.63, 3.8) is 0 Å². The molecule has 0 saturated heterocycles. The summed E-state index contributed by atoms with van der Waals surface area (Å²) in [6, 6.07) is 0. The molecular weight excluding hydrogens is 212 g/mol. The molecule has 0 aliphatic carbocycles. The average molecular weight is 240 g/mol. The van der Waals surface area contributed by atoms with Crippen LogP contribution in [0.15, 0.2) is 11.6 Å². The molecule has 0 aromatic carbocycles. The van der Waals surface area contributed by atoms with Crippen LogP contribution >= 0.6 is 0 Å². The Balaban J connectivity index is 3.51. The van der Waals surface area contributed by atoms with E-state index in [9.17, 15) is 4.79 Å². The number of carboxylic acids is 1. The van der Waals surface area contributed by atoms with Crippen LogP contribution in [0.5, 0.6) is 0 Å². The number of hydrogen-bond donors (Lipinski definition) is 1. The van der Waals surface area contributed by atoms with Crippen LogP contribution in [-0.2, 0) is 4.79 Å². The number of hydrogen-bond acceptors (Lipinski definition) is 1. The molecule has 17 heavy (non-hydrogen) atoms. The van der Waals surface area contributed by atoms with E-state index in [2.05, 4.69) is 13.8 Å². The molecule has 1 atom stereocenters. The first kappa shape index (κ1) is 16.2. The van der Waals surface area contributed by atoms with Crippen LogP contribution in [0.1, 0.15) is 72.1 Å². The standard InChI is InChI=1S/C15H28O2/c1-4-5-6-7-8-9-10-11-13(2)14(3)12-15(16)17/h12-13H,4-11H2,1-3H3,(H,16,17). The third-order valence-corrected chi connectivity index (χ3v) is 3.37. The molecule has 0 rings (SSSR count). The van der Waals surface area contributed by atoms with Gasteiger partial charge in [-0.25, -0.2) is 4.79 Å². The van der Waals surface area contributed by atoms with E-state index in [0.29, 0.717) is 5.92 Å². The molecule has 0 aromatic rings. The Hall–Kier alpha value is -0.790. The maximum Gasteiger partial charge on any atom is 0.328 e. The highest BCUT2D eigenvalue weighted by molar-refractivity contribution is 5.80. The Morgan fingerprint density at radius 3 is 2.18 bits per heavy atom. The van der Waals surface area contributed by atoms with Crippen molar-refractivity contribution in [2.75, 3.05) is 0 Å². The minimum absolute atomic E-state index is 0.404. The van der Waals surface area contributed by atoms with Gasteiger partial charge in [-0.15, -0.1) is 0 Å². The summed E-state index contributed by atoms with van der Waals surface area (Å²) >= 11 is 0. The summed E-state index contributed by atoms with van der Waals surface area (Å²) in [5, 5.41) is 8.65. The first-order chi connectivity index (χ1) is 8.07. The van der Waals surface area contributed by atoms with Gasteiger partial charge in [0.05, 0.1) is 0 Å². The van der Waals surface area contributed by atoms with Crippen molar-refractivity contribution in [2.24, 2.45) is 5.92 Å². The van der Waals surface area contributed by atoms with E-state index in [-0.39, 0.29) is 0 Å². The van der Waals surface area contributed by atoms with E-state index >= 15 is 0 Å². The topological polar surface area (TPSA) is 37.3 Å². The number of carboxylic acid groups (broad SMARTS) is 1. The van der Waals surface area contributed by atoms with E-state index in [1.807, 2.05) is 6.92 Å². The molecule has 1 N–H and O–H groups in total. The Labute approximate surface area is 106 Å². The Morgan fingerprint density at radius 1 is 1.12 bits per heavy atom. The quantitative estimate of drug-likeness (QED) is 0.440. The normalized spacial score (nSPS) is 13.7. The summed E-state index contributed by atoms with van der Waals surface area (Å²) in [6.45, 7) is 6.27. The van der Waals surface area contributed by atoms with E-state index in [1.54, 1.807) is 0 Å². The predicted molar refractivity (Wildman–Crippen MR) is 73.2 cm³/mol. The van der Waals surface area contributed by atoms with Gasteiger partial charge in [-0.1, -0.05) is 64.4 Å². The Bertz CT molecular complexity index is 231. The molecule has 0 bridgehead atoms. The summed E-state index contributed by atoms with van der Waals surface area (Å²) in [6.07, 6.45) is 11.7. The van der Waals surface area contributed by atoms with Crippen molar-refractivity contribution in [1.82, 2.24) is 0 Å². The molecule has 0 spiro atoms. The van der Waals surface area contributed by atoms with Gasteiger partial charge in [-0.3, -0.25) is 0 Å². The van der Waals surface area contributed by atoms with Crippen LogP contribution in [0.2, 0.25) is 0 Å². The van der Waals surface area contributed by atoms with Crippen LogP contribution in [-0.4, -0.2) is 11.1 Å². The number of aliphatic carboxylic acids is 1. The van der Waals surface area contributed by atoms with Gasteiger partial charge >= 0.3 is 5.97 Å². The third kappa shape index (κ3) is 10.1. The highest BCUT2D eigenvalue weighted by Crippen LogP contribution is 2.18. The largest absolute Gasteiger partial charge is 0.478 e. The monoisotopic (exact) mass is 240 g/mol. The summed E-state index contributed by atoms with van der Waals surface area (Å²) in [4.78, 5) is 10.5. The lowest BCUT2D eigenvalue weighted by Gasteiger charge is -2.11. The van der Waals surface area contributed by atoms with Crippen LogP contribution < -0.4 is 0 Å². The van der Waals surface area contributed by atoms with Gasteiger partial charge in [0, 0.05) is 6.08 Å². The summed E-state index contributed by atoms with van der Waals surface area (Å²) in [5.41, 5.74) is 0.989. The van der Waals surface area contributed by atoms with Gasteiger partial charge in [-0.05, 0) is 19.3 Å². The van der Waals surface area contributed by atoms with Crippen molar-refractivity contribution >= 4 is 5.97 Å². The molecule has 0 aliphatic rings. The van der Waals surface area contributed by atoms with E-state index in [1.165, 1.54) is 51.0 Å². The van der Waals surface area contributed by atoms with E-state index < -0.39 is 5.97 Å². The average Bonchev–Trinajstić information content (AvgIpc) is 2.26. The lowest BCUT2D eigenvalue weighted by atomic mass is 9.95. The highest BCUT2D eigenvalue weighted by Gasteiger charge is 2.05. The zero-order valence-electron chi connectivity index (χ0n) is 11.7. The fraction of sp³-hybridized carbons (Fsp3) is 0.800. The molecule has 0 fully saturated rings. The molecule has 0 aromatic heterocycles. The highest BCUT2D eigenvalue weighted by atomic mass is 16.4. The lowest BCUT2D eigenvalue weighted by Crippen LogP contribution is -2.00. The van der Waals surface area contributed by atoms with Crippen LogP contribution in [0, 0.1) is 5.92 Å². The van der Waals surface area contributed by atoms with Crippen molar-refractivity contribution in [3.05, 3.63) is 11.6 Å². The van der Waals surface area contributed by atoms with Crippen molar-refractivity contribution in [2.45, 2.75) is 72.1 Å². The van der Waals surface area contributed by atoms with Gasteiger partial charge in [-0.2, -0.15) is 0 Å². The van der Waals surface area contributed by atoms with Gasteiger partial charge in [0.25, 0.3) is 0 Å². The molecule has 1 unspecified atom stereocenters. The Morgan fingerprint density at radius 2 is 1.65 bits per heavy atom. The fourth-order valence-electron chi connectivity index (χ4n) is 1.97. The second kappa shape index (κ2) is 10.4. The second-order valence-electron chi connectivity index (χ2n) is 5.04. The second-order valence-corrected chi connectivity index (χ2v) is 5.04. The molecule has 100 valence electrons. The van der Waals surface area contributed by atoms with Crippen LogP contribution in [0.3, 0.4) is 0 Å². The molecular formula is C15H28O2. The number of carbonyl (C=O) groups is 1. The zero-order valence-corrected chi connectivity index (χ0v) is 11.7.